The van der Waals surface area contributed by atoms with Gasteiger partial charge < -0.3 is 5.32 Å². The Morgan fingerprint density at radius 2 is 2.38 bits per heavy atom. The molecule has 0 aliphatic carbocycles. The summed E-state index contributed by atoms with van der Waals surface area (Å²) in [4.78, 5) is 2.37. The van der Waals surface area contributed by atoms with Crippen LogP contribution in [0.15, 0.2) is 22.7 Å². The average Bonchev–Trinajstić information content (AvgIpc) is 2.28. The molecule has 0 amide bonds. The van der Waals surface area contributed by atoms with Crippen LogP contribution < -0.4 is 5.32 Å². The zero-order valence-electron chi connectivity index (χ0n) is 9.34. The topological polar surface area (TPSA) is 15.3 Å². The minimum Gasteiger partial charge on any atom is -0.314 e. The van der Waals surface area contributed by atoms with E-state index in [1.165, 1.54) is 6.07 Å². The molecule has 1 fully saturated rings. The van der Waals surface area contributed by atoms with Crippen molar-refractivity contribution >= 4 is 15.9 Å². The van der Waals surface area contributed by atoms with Crippen LogP contribution in [0.25, 0.3) is 0 Å². The van der Waals surface area contributed by atoms with E-state index in [1.807, 2.05) is 6.07 Å². The van der Waals surface area contributed by atoms with E-state index in [1.54, 1.807) is 6.07 Å². The van der Waals surface area contributed by atoms with Crippen LogP contribution in [0.1, 0.15) is 12.5 Å². The maximum absolute atomic E-state index is 13.4. The summed E-state index contributed by atoms with van der Waals surface area (Å²) in [6.45, 7) is 6.04. The molecule has 1 aromatic rings. The number of hydrogen-bond donors (Lipinski definition) is 1. The lowest BCUT2D eigenvalue weighted by atomic mass is 10.1. The van der Waals surface area contributed by atoms with Crippen LogP contribution in [-0.2, 0) is 6.54 Å². The molecule has 1 aromatic carbocycles. The van der Waals surface area contributed by atoms with E-state index < -0.39 is 0 Å². The summed E-state index contributed by atoms with van der Waals surface area (Å²) in [6, 6.07) is 5.72. The molecule has 2 rings (SSSR count). The van der Waals surface area contributed by atoms with Gasteiger partial charge in [0.1, 0.15) is 5.82 Å². The Hall–Kier alpha value is -0.450. The third kappa shape index (κ3) is 2.62. The molecule has 0 saturated carbocycles. The van der Waals surface area contributed by atoms with Gasteiger partial charge >= 0.3 is 0 Å². The zero-order chi connectivity index (χ0) is 11.5. The molecule has 1 aliphatic heterocycles. The van der Waals surface area contributed by atoms with Crippen LogP contribution in [0.3, 0.4) is 0 Å². The normalized spacial score (nSPS) is 22.3. The van der Waals surface area contributed by atoms with E-state index in [0.29, 0.717) is 10.5 Å². The van der Waals surface area contributed by atoms with E-state index in [-0.39, 0.29) is 5.82 Å². The largest absolute Gasteiger partial charge is 0.314 e. The second kappa shape index (κ2) is 5.25. The fourth-order valence-corrected chi connectivity index (χ4v) is 2.40. The summed E-state index contributed by atoms with van der Waals surface area (Å²) in [5.74, 6) is -0.180. The standard InChI is InChI=1S/C12H16BrFN2/c1-9-7-15-5-6-16(9)8-10-3-2-4-11(14)12(10)13/h2-4,9,15H,5-8H2,1H3. The van der Waals surface area contributed by atoms with E-state index in [0.717, 1.165) is 31.7 Å². The van der Waals surface area contributed by atoms with Gasteiger partial charge in [-0.15, -0.1) is 0 Å². The highest BCUT2D eigenvalue weighted by Crippen LogP contribution is 2.22. The van der Waals surface area contributed by atoms with E-state index in [9.17, 15) is 4.39 Å². The van der Waals surface area contributed by atoms with Crippen LogP contribution in [0.4, 0.5) is 4.39 Å². The zero-order valence-corrected chi connectivity index (χ0v) is 10.9. The Morgan fingerprint density at radius 1 is 1.56 bits per heavy atom. The Morgan fingerprint density at radius 3 is 3.12 bits per heavy atom. The summed E-state index contributed by atoms with van der Waals surface area (Å²) in [6.07, 6.45) is 0. The molecule has 0 bridgehead atoms. The van der Waals surface area contributed by atoms with Gasteiger partial charge in [-0.3, -0.25) is 4.90 Å². The second-order valence-electron chi connectivity index (χ2n) is 4.24. The Labute approximate surface area is 104 Å². The van der Waals surface area contributed by atoms with Crippen LogP contribution >= 0.6 is 15.9 Å². The maximum Gasteiger partial charge on any atom is 0.137 e. The molecule has 0 spiro atoms. The molecule has 1 atom stereocenters. The number of nitrogens with zero attached hydrogens (tertiary/aromatic N) is 1. The molecular weight excluding hydrogens is 271 g/mol. The first kappa shape index (κ1) is 12.0. The van der Waals surface area contributed by atoms with Crippen molar-refractivity contribution in [1.29, 1.82) is 0 Å². The quantitative estimate of drug-likeness (QED) is 0.898. The molecule has 16 heavy (non-hydrogen) atoms. The Kier molecular flexibility index (Phi) is 3.95. The average molecular weight is 287 g/mol. The molecule has 88 valence electrons. The van der Waals surface area contributed by atoms with Crippen LogP contribution in [0.5, 0.6) is 0 Å². The molecule has 2 nitrogen and oxygen atoms in total. The summed E-state index contributed by atoms with van der Waals surface area (Å²) >= 11 is 3.31. The highest BCUT2D eigenvalue weighted by Gasteiger charge is 2.19. The van der Waals surface area contributed by atoms with Crippen molar-refractivity contribution in [1.82, 2.24) is 10.2 Å². The molecular formula is C12H16BrFN2. The van der Waals surface area contributed by atoms with Gasteiger partial charge in [0.25, 0.3) is 0 Å². The van der Waals surface area contributed by atoms with Gasteiger partial charge in [-0.05, 0) is 34.5 Å². The smallest absolute Gasteiger partial charge is 0.137 e. The highest BCUT2D eigenvalue weighted by atomic mass is 79.9. The van der Waals surface area contributed by atoms with Crippen molar-refractivity contribution in [2.24, 2.45) is 0 Å². The van der Waals surface area contributed by atoms with Gasteiger partial charge in [-0.25, -0.2) is 4.39 Å². The van der Waals surface area contributed by atoms with Crippen molar-refractivity contribution in [3.63, 3.8) is 0 Å². The molecule has 1 N–H and O–H groups in total. The SMILES string of the molecule is CC1CNCCN1Cc1cccc(F)c1Br. The lowest BCUT2D eigenvalue weighted by Gasteiger charge is -2.34. The fourth-order valence-electron chi connectivity index (χ4n) is 2.01. The van der Waals surface area contributed by atoms with Gasteiger partial charge in [-0.1, -0.05) is 12.1 Å². The van der Waals surface area contributed by atoms with E-state index in [4.69, 9.17) is 0 Å². The van der Waals surface area contributed by atoms with Crippen LogP contribution in [0, 0.1) is 5.82 Å². The van der Waals surface area contributed by atoms with Crippen molar-refractivity contribution in [3.05, 3.63) is 34.1 Å². The monoisotopic (exact) mass is 286 g/mol. The number of hydrogen-bond acceptors (Lipinski definition) is 2. The first-order valence-electron chi connectivity index (χ1n) is 5.56. The minimum absolute atomic E-state index is 0.180. The number of nitrogens with one attached hydrogen (secondary N) is 1. The predicted molar refractivity (Wildman–Crippen MR) is 66.8 cm³/mol. The van der Waals surface area contributed by atoms with Crippen molar-refractivity contribution in [2.75, 3.05) is 19.6 Å². The minimum atomic E-state index is -0.180. The van der Waals surface area contributed by atoms with Gasteiger partial charge in [-0.2, -0.15) is 0 Å². The lowest BCUT2D eigenvalue weighted by molar-refractivity contribution is 0.165. The predicted octanol–water partition coefficient (Wildman–Crippen LogP) is 2.38. The second-order valence-corrected chi connectivity index (χ2v) is 5.03. The Balaban J connectivity index is 2.10. The van der Waals surface area contributed by atoms with Crippen molar-refractivity contribution in [2.45, 2.75) is 19.5 Å². The van der Waals surface area contributed by atoms with Crippen LogP contribution in [-0.4, -0.2) is 30.6 Å². The highest BCUT2D eigenvalue weighted by molar-refractivity contribution is 9.10. The molecule has 1 heterocycles. The van der Waals surface area contributed by atoms with Gasteiger partial charge in [0.05, 0.1) is 4.47 Å². The van der Waals surface area contributed by atoms with Crippen molar-refractivity contribution in [3.8, 4) is 0 Å². The fraction of sp³-hybridized carbons (Fsp3) is 0.500. The number of benzene rings is 1. The number of halogens is 2. The van der Waals surface area contributed by atoms with E-state index >= 15 is 0 Å². The summed E-state index contributed by atoms with van der Waals surface area (Å²) < 4.78 is 14.0. The molecule has 1 saturated heterocycles. The molecule has 0 radical (unpaired) electrons. The number of rotatable bonds is 2. The summed E-state index contributed by atoms with van der Waals surface area (Å²) in [7, 11) is 0. The molecule has 1 unspecified atom stereocenters. The van der Waals surface area contributed by atoms with Gasteiger partial charge in [0.15, 0.2) is 0 Å². The van der Waals surface area contributed by atoms with Gasteiger partial charge in [0.2, 0.25) is 0 Å². The maximum atomic E-state index is 13.4. The Bertz CT molecular complexity index is 370. The van der Waals surface area contributed by atoms with E-state index in [2.05, 4.69) is 33.1 Å². The summed E-state index contributed by atoms with van der Waals surface area (Å²) in [5.41, 5.74) is 1.02. The first-order chi connectivity index (χ1) is 7.68. The molecule has 0 aromatic heterocycles. The van der Waals surface area contributed by atoms with Gasteiger partial charge in [0, 0.05) is 32.2 Å². The lowest BCUT2D eigenvalue weighted by Crippen LogP contribution is -2.49. The molecule has 1 aliphatic rings. The molecule has 4 heteroatoms. The number of piperazine rings is 1. The first-order valence-corrected chi connectivity index (χ1v) is 6.35. The van der Waals surface area contributed by atoms with Crippen LogP contribution in [0.2, 0.25) is 0 Å². The third-order valence-electron chi connectivity index (χ3n) is 3.04. The summed E-state index contributed by atoms with van der Waals surface area (Å²) in [5, 5.41) is 3.35. The van der Waals surface area contributed by atoms with Crippen molar-refractivity contribution < 1.29 is 4.39 Å². The third-order valence-corrected chi connectivity index (χ3v) is 3.93.